The highest BCUT2D eigenvalue weighted by molar-refractivity contribution is 9.11. The van der Waals surface area contributed by atoms with E-state index in [0.717, 1.165) is 25.7 Å². The molecule has 0 unspecified atom stereocenters. The highest BCUT2D eigenvalue weighted by atomic mass is 79.9. The zero-order valence-corrected chi connectivity index (χ0v) is 14.8. The number of aryl methyl sites for hydroxylation is 1. The fraction of sp³-hybridized carbons (Fsp3) is 0.200. The maximum atomic E-state index is 12.5. The Hall–Kier alpha value is -0.510. The average molecular weight is 427 g/mol. The van der Waals surface area contributed by atoms with E-state index in [-0.39, 0.29) is 4.90 Å². The first-order valence-corrected chi connectivity index (χ1v) is 8.95. The molecule has 0 spiro atoms. The van der Waals surface area contributed by atoms with E-state index in [2.05, 4.69) is 42.1 Å². The Morgan fingerprint density at radius 2 is 1.95 bits per heavy atom. The van der Waals surface area contributed by atoms with E-state index < -0.39 is 10.0 Å². The van der Waals surface area contributed by atoms with Crippen molar-refractivity contribution in [2.24, 2.45) is 0 Å². The van der Waals surface area contributed by atoms with Crippen molar-refractivity contribution in [1.82, 2.24) is 10.2 Å². The summed E-state index contributed by atoms with van der Waals surface area (Å²) < 4.78 is 27.4. The third-order valence-corrected chi connectivity index (χ3v) is 6.91. The van der Waals surface area contributed by atoms with Gasteiger partial charge < -0.3 is 0 Å². The molecule has 2 rings (SSSR count). The SMILES string of the molecule is Cc1cc(Br)c(S(=O)(=O)N(C)c2nncs2)cc1Br. The van der Waals surface area contributed by atoms with E-state index in [0.29, 0.717) is 9.60 Å². The molecule has 0 saturated carbocycles. The maximum absolute atomic E-state index is 12.5. The molecule has 0 N–H and O–H groups in total. The lowest BCUT2D eigenvalue weighted by Gasteiger charge is -2.17. The Kier molecular flexibility index (Phi) is 4.29. The van der Waals surface area contributed by atoms with Gasteiger partial charge in [0.05, 0.1) is 0 Å². The van der Waals surface area contributed by atoms with E-state index in [1.165, 1.54) is 12.6 Å². The maximum Gasteiger partial charge on any atom is 0.267 e. The molecule has 0 atom stereocenters. The Labute approximate surface area is 132 Å². The van der Waals surface area contributed by atoms with Gasteiger partial charge >= 0.3 is 0 Å². The van der Waals surface area contributed by atoms with Crippen molar-refractivity contribution in [1.29, 1.82) is 0 Å². The number of halogens is 2. The number of hydrogen-bond donors (Lipinski definition) is 0. The molecule has 0 aliphatic rings. The summed E-state index contributed by atoms with van der Waals surface area (Å²) in [6.07, 6.45) is 0. The third kappa shape index (κ3) is 2.83. The quantitative estimate of drug-likeness (QED) is 0.755. The van der Waals surface area contributed by atoms with Crippen molar-refractivity contribution in [3.05, 3.63) is 32.2 Å². The fourth-order valence-electron chi connectivity index (χ4n) is 1.38. The van der Waals surface area contributed by atoms with Crippen LogP contribution in [0.4, 0.5) is 5.13 Å². The predicted molar refractivity (Wildman–Crippen MR) is 82.1 cm³/mol. The molecule has 0 fully saturated rings. The van der Waals surface area contributed by atoms with Crippen molar-refractivity contribution in [3.63, 3.8) is 0 Å². The second kappa shape index (κ2) is 5.47. The standard InChI is InChI=1S/C10H9Br2N3O2S2/c1-6-3-8(12)9(4-7(6)11)19(16,17)15(2)10-14-13-5-18-10/h3-5H,1-2H3. The lowest BCUT2D eigenvalue weighted by molar-refractivity contribution is 0.593. The van der Waals surface area contributed by atoms with E-state index in [1.807, 2.05) is 6.92 Å². The average Bonchev–Trinajstić information content (AvgIpc) is 2.86. The molecule has 0 bridgehead atoms. The number of aromatic nitrogens is 2. The van der Waals surface area contributed by atoms with Crippen molar-refractivity contribution < 1.29 is 8.42 Å². The summed E-state index contributed by atoms with van der Waals surface area (Å²) in [5.74, 6) is 0. The molecule has 0 aliphatic carbocycles. The summed E-state index contributed by atoms with van der Waals surface area (Å²) in [6.45, 7) is 1.89. The summed E-state index contributed by atoms with van der Waals surface area (Å²) in [5.41, 5.74) is 2.44. The van der Waals surface area contributed by atoms with E-state index in [1.54, 1.807) is 12.1 Å². The summed E-state index contributed by atoms with van der Waals surface area (Å²) >= 11 is 7.79. The van der Waals surface area contributed by atoms with Gasteiger partial charge in [-0.05, 0) is 40.5 Å². The molecule has 0 aliphatic heterocycles. The van der Waals surface area contributed by atoms with Crippen LogP contribution in [0.25, 0.3) is 0 Å². The Balaban J connectivity index is 2.54. The van der Waals surface area contributed by atoms with Gasteiger partial charge in [-0.3, -0.25) is 0 Å². The van der Waals surface area contributed by atoms with Crippen LogP contribution in [0.3, 0.4) is 0 Å². The number of rotatable bonds is 3. The molecule has 102 valence electrons. The molecule has 9 heteroatoms. The van der Waals surface area contributed by atoms with Crippen molar-refractivity contribution >= 4 is 58.4 Å². The Bertz CT molecular complexity index is 702. The highest BCUT2D eigenvalue weighted by Gasteiger charge is 2.26. The van der Waals surface area contributed by atoms with E-state index >= 15 is 0 Å². The minimum Gasteiger partial charge on any atom is -0.243 e. The highest BCUT2D eigenvalue weighted by Crippen LogP contribution is 2.32. The monoisotopic (exact) mass is 425 g/mol. The minimum absolute atomic E-state index is 0.183. The summed E-state index contributed by atoms with van der Waals surface area (Å²) in [5, 5.41) is 7.73. The van der Waals surface area contributed by atoms with E-state index in [4.69, 9.17) is 0 Å². The second-order valence-electron chi connectivity index (χ2n) is 3.73. The van der Waals surface area contributed by atoms with Gasteiger partial charge in [0.15, 0.2) is 0 Å². The number of benzene rings is 1. The molecule has 1 aromatic heterocycles. The lowest BCUT2D eigenvalue weighted by atomic mass is 10.2. The van der Waals surface area contributed by atoms with Gasteiger partial charge in [-0.25, -0.2) is 12.7 Å². The molecule has 5 nitrogen and oxygen atoms in total. The fourth-order valence-corrected chi connectivity index (χ4v) is 4.91. The Morgan fingerprint density at radius 3 is 2.53 bits per heavy atom. The van der Waals surface area contributed by atoms with Gasteiger partial charge in [-0.15, -0.1) is 10.2 Å². The third-order valence-electron chi connectivity index (χ3n) is 2.47. The van der Waals surface area contributed by atoms with Crippen molar-refractivity contribution in [3.8, 4) is 0 Å². The first-order chi connectivity index (χ1) is 8.84. The minimum atomic E-state index is -3.67. The van der Waals surface area contributed by atoms with Gasteiger partial charge in [-0.1, -0.05) is 27.3 Å². The molecule has 0 amide bonds. The van der Waals surface area contributed by atoms with Crippen LogP contribution in [-0.2, 0) is 10.0 Å². The molecule has 0 radical (unpaired) electrons. The summed E-state index contributed by atoms with van der Waals surface area (Å²) in [6, 6.07) is 3.33. The van der Waals surface area contributed by atoms with Gasteiger partial charge in [0.2, 0.25) is 5.13 Å². The summed E-state index contributed by atoms with van der Waals surface area (Å²) in [4.78, 5) is 0.183. The van der Waals surface area contributed by atoms with Crippen LogP contribution in [0, 0.1) is 6.92 Å². The van der Waals surface area contributed by atoms with Crippen LogP contribution in [-0.4, -0.2) is 25.7 Å². The van der Waals surface area contributed by atoms with Crippen LogP contribution in [0.2, 0.25) is 0 Å². The number of nitrogens with zero attached hydrogens (tertiary/aromatic N) is 3. The normalized spacial score (nSPS) is 11.6. The molecule has 19 heavy (non-hydrogen) atoms. The number of hydrogen-bond acceptors (Lipinski definition) is 5. The second-order valence-corrected chi connectivity index (χ2v) is 8.18. The van der Waals surface area contributed by atoms with Crippen LogP contribution < -0.4 is 4.31 Å². The van der Waals surface area contributed by atoms with Crippen LogP contribution in [0.5, 0.6) is 0 Å². The predicted octanol–water partition coefficient (Wildman–Crippen LogP) is 3.20. The smallest absolute Gasteiger partial charge is 0.243 e. The van der Waals surface area contributed by atoms with E-state index in [9.17, 15) is 8.42 Å². The number of anilines is 1. The van der Waals surface area contributed by atoms with Crippen LogP contribution >= 0.6 is 43.2 Å². The summed E-state index contributed by atoms with van der Waals surface area (Å²) in [7, 11) is -2.21. The Morgan fingerprint density at radius 1 is 1.26 bits per heavy atom. The largest absolute Gasteiger partial charge is 0.267 e. The van der Waals surface area contributed by atoms with Crippen LogP contribution in [0.15, 0.2) is 31.5 Å². The topological polar surface area (TPSA) is 63.2 Å². The zero-order chi connectivity index (χ0) is 14.2. The molecule has 1 aromatic carbocycles. The van der Waals surface area contributed by atoms with Gasteiger partial charge in [-0.2, -0.15) is 0 Å². The van der Waals surface area contributed by atoms with Gasteiger partial charge in [0.25, 0.3) is 10.0 Å². The molecular formula is C10H9Br2N3O2S2. The molecule has 0 saturated heterocycles. The molecular weight excluding hydrogens is 418 g/mol. The first kappa shape index (κ1) is 14.9. The zero-order valence-electron chi connectivity index (χ0n) is 9.96. The lowest BCUT2D eigenvalue weighted by Crippen LogP contribution is -2.26. The molecule has 1 heterocycles. The molecule has 2 aromatic rings. The first-order valence-electron chi connectivity index (χ1n) is 5.05. The van der Waals surface area contributed by atoms with Crippen molar-refractivity contribution in [2.75, 3.05) is 11.4 Å². The van der Waals surface area contributed by atoms with Crippen LogP contribution in [0.1, 0.15) is 5.56 Å². The van der Waals surface area contributed by atoms with Gasteiger partial charge in [0.1, 0.15) is 10.4 Å². The van der Waals surface area contributed by atoms with Gasteiger partial charge in [0, 0.05) is 16.0 Å². The number of sulfonamides is 1. The van der Waals surface area contributed by atoms with Crippen molar-refractivity contribution in [2.45, 2.75) is 11.8 Å².